The van der Waals surface area contributed by atoms with E-state index in [1.807, 2.05) is 24.0 Å². The number of nitrogens with one attached hydrogen (secondary N) is 1. The first kappa shape index (κ1) is 14.8. The van der Waals surface area contributed by atoms with E-state index < -0.39 is 0 Å². The third-order valence-electron chi connectivity index (χ3n) is 4.03. The number of carbonyl (C=O) groups is 1. The highest BCUT2D eigenvalue weighted by Crippen LogP contribution is 2.33. The summed E-state index contributed by atoms with van der Waals surface area (Å²) >= 11 is 0. The molecule has 1 aromatic heterocycles. The topological polar surface area (TPSA) is 45.2 Å². The number of nitrogens with zero attached hydrogens (tertiary/aromatic N) is 2. The van der Waals surface area contributed by atoms with Crippen molar-refractivity contribution in [2.24, 2.45) is 11.3 Å². The molecule has 1 saturated heterocycles. The molecule has 110 valence electrons. The van der Waals surface area contributed by atoms with Crippen molar-refractivity contribution in [2.75, 3.05) is 25.0 Å². The van der Waals surface area contributed by atoms with Crippen LogP contribution in [0.4, 0.5) is 5.82 Å². The Balaban J connectivity index is 2.07. The fourth-order valence-corrected chi connectivity index (χ4v) is 2.65. The molecular weight excluding hydrogens is 250 g/mol. The third kappa shape index (κ3) is 3.30. The van der Waals surface area contributed by atoms with Gasteiger partial charge in [0.1, 0.15) is 11.5 Å². The summed E-state index contributed by atoms with van der Waals surface area (Å²) < 4.78 is 0. The van der Waals surface area contributed by atoms with Crippen molar-refractivity contribution in [3.8, 4) is 0 Å². The van der Waals surface area contributed by atoms with Gasteiger partial charge in [-0.3, -0.25) is 4.79 Å². The van der Waals surface area contributed by atoms with E-state index in [1.165, 1.54) is 0 Å². The molecule has 0 radical (unpaired) electrons. The lowest BCUT2D eigenvalue weighted by Gasteiger charge is -2.26. The number of rotatable bonds is 3. The fourth-order valence-electron chi connectivity index (χ4n) is 2.65. The minimum absolute atomic E-state index is 0.0523. The van der Waals surface area contributed by atoms with Crippen LogP contribution in [0.2, 0.25) is 0 Å². The second-order valence-corrected chi connectivity index (χ2v) is 6.54. The Morgan fingerprint density at radius 1 is 1.45 bits per heavy atom. The zero-order valence-corrected chi connectivity index (χ0v) is 12.9. The van der Waals surface area contributed by atoms with Gasteiger partial charge in [0.25, 0.3) is 5.91 Å². The van der Waals surface area contributed by atoms with Crippen LogP contribution in [-0.2, 0) is 0 Å². The Hall–Kier alpha value is -1.58. The van der Waals surface area contributed by atoms with E-state index in [0.29, 0.717) is 11.6 Å². The van der Waals surface area contributed by atoms with Crippen molar-refractivity contribution in [1.82, 2.24) is 9.88 Å². The van der Waals surface area contributed by atoms with Gasteiger partial charge in [0.15, 0.2) is 0 Å². The summed E-state index contributed by atoms with van der Waals surface area (Å²) in [6, 6.07) is 5.57. The van der Waals surface area contributed by atoms with Crippen LogP contribution in [0.5, 0.6) is 0 Å². The molecule has 1 N–H and O–H groups in total. The molecule has 1 unspecified atom stereocenters. The number of carbonyl (C=O) groups excluding carboxylic acids is 1. The van der Waals surface area contributed by atoms with E-state index in [9.17, 15) is 4.79 Å². The Labute approximate surface area is 121 Å². The predicted molar refractivity (Wildman–Crippen MR) is 81.9 cm³/mol. The summed E-state index contributed by atoms with van der Waals surface area (Å²) in [5, 5.41) is 3.14. The van der Waals surface area contributed by atoms with Gasteiger partial charge in [-0.25, -0.2) is 4.98 Å². The highest BCUT2D eigenvalue weighted by molar-refractivity contribution is 5.92. The summed E-state index contributed by atoms with van der Waals surface area (Å²) in [6.07, 6.45) is 1.09. The van der Waals surface area contributed by atoms with Gasteiger partial charge >= 0.3 is 0 Å². The molecule has 1 aromatic rings. The zero-order valence-electron chi connectivity index (χ0n) is 12.9. The van der Waals surface area contributed by atoms with Crippen LogP contribution in [0.15, 0.2) is 18.2 Å². The normalized spacial score (nSPS) is 19.2. The molecule has 2 rings (SSSR count). The van der Waals surface area contributed by atoms with Gasteiger partial charge in [-0.2, -0.15) is 0 Å². The maximum atomic E-state index is 12.5. The molecule has 1 aliphatic heterocycles. The van der Waals surface area contributed by atoms with E-state index in [-0.39, 0.29) is 11.3 Å². The number of aromatic nitrogens is 1. The van der Waals surface area contributed by atoms with Gasteiger partial charge in [-0.05, 0) is 36.8 Å². The van der Waals surface area contributed by atoms with E-state index >= 15 is 0 Å². The monoisotopic (exact) mass is 275 g/mol. The second kappa shape index (κ2) is 5.81. The van der Waals surface area contributed by atoms with Crippen LogP contribution >= 0.6 is 0 Å². The fraction of sp³-hybridized carbons (Fsp3) is 0.625. The second-order valence-electron chi connectivity index (χ2n) is 6.54. The van der Waals surface area contributed by atoms with Gasteiger partial charge in [-0.1, -0.05) is 26.8 Å². The van der Waals surface area contributed by atoms with Crippen LogP contribution in [0.1, 0.15) is 44.6 Å². The molecule has 0 spiro atoms. The molecule has 0 aliphatic carbocycles. The summed E-state index contributed by atoms with van der Waals surface area (Å²) in [5.74, 6) is 1.39. The number of hydrogen-bond acceptors (Lipinski definition) is 3. The Kier molecular flexibility index (Phi) is 4.31. The highest BCUT2D eigenvalue weighted by Gasteiger charge is 2.34. The molecular formula is C16H25N3O. The largest absolute Gasteiger partial charge is 0.370 e. The number of pyridine rings is 1. The lowest BCUT2D eigenvalue weighted by Crippen LogP contribution is -2.31. The highest BCUT2D eigenvalue weighted by atomic mass is 16.2. The molecule has 1 fully saturated rings. The van der Waals surface area contributed by atoms with Crippen LogP contribution in [0.3, 0.4) is 0 Å². The van der Waals surface area contributed by atoms with Crippen LogP contribution in [-0.4, -0.2) is 35.4 Å². The Morgan fingerprint density at radius 2 is 2.20 bits per heavy atom. The lowest BCUT2D eigenvalue weighted by molar-refractivity contribution is 0.0771. The molecule has 1 amide bonds. The molecule has 0 aromatic carbocycles. The molecule has 20 heavy (non-hydrogen) atoms. The third-order valence-corrected chi connectivity index (χ3v) is 4.03. The van der Waals surface area contributed by atoms with Crippen LogP contribution in [0.25, 0.3) is 0 Å². The summed E-state index contributed by atoms with van der Waals surface area (Å²) in [7, 11) is 0. The van der Waals surface area contributed by atoms with Gasteiger partial charge in [-0.15, -0.1) is 0 Å². The number of likely N-dealkylation sites (tertiary alicyclic amines) is 1. The van der Waals surface area contributed by atoms with Crippen LogP contribution in [0, 0.1) is 11.3 Å². The maximum absolute atomic E-state index is 12.5. The average Bonchev–Trinajstić information content (AvgIpc) is 2.88. The van der Waals surface area contributed by atoms with Crippen molar-refractivity contribution >= 4 is 11.7 Å². The van der Waals surface area contributed by atoms with Gasteiger partial charge in [0, 0.05) is 19.6 Å². The molecule has 4 heteroatoms. The number of anilines is 1. The minimum Gasteiger partial charge on any atom is -0.370 e. The van der Waals surface area contributed by atoms with E-state index in [4.69, 9.17) is 0 Å². The van der Waals surface area contributed by atoms with E-state index in [2.05, 4.69) is 31.1 Å². The van der Waals surface area contributed by atoms with E-state index in [1.54, 1.807) is 6.07 Å². The zero-order chi connectivity index (χ0) is 14.8. The first-order chi connectivity index (χ1) is 9.41. The minimum atomic E-state index is 0.0523. The predicted octanol–water partition coefficient (Wildman–Crippen LogP) is 3.02. The first-order valence-electron chi connectivity index (χ1n) is 7.42. The Bertz CT molecular complexity index is 479. The Morgan fingerprint density at radius 3 is 2.80 bits per heavy atom. The number of amides is 1. The maximum Gasteiger partial charge on any atom is 0.272 e. The van der Waals surface area contributed by atoms with Gasteiger partial charge in [0.05, 0.1) is 0 Å². The summed E-state index contributed by atoms with van der Waals surface area (Å²) in [6.45, 7) is 11.2. The molecule has 2 heterocycles. The average molecular weight is 275 g/mol. The smallest absolute Gasteiger partial charge is 0.272 e. The standard InChI is InChI=1S/C16H25N3O/c1-5-17-14-8-6-7-13(18-14)15(20)19-10-9-12(11-19)16(2,3)4/h6-8,12H,5,9-11H2,1-4H3,(H,17,18). The SMILES string of the molecule is CCNc1cccc(C(=O)N2CCC(C(C)(C)C)C2)n1. The van der Waals surface area contributed by atoms with E-state index in [0.717, 1.165) is 31.9 Å². The molecule has 1 atom stereocenters. The van der Waals surface area contributed by atoms with Crippen molar-refractivity contribution < 1.29 is 4.79 Å². The summed E-state index contributed by atoms with van der Waals surface area (Å²) in [5.41, 5.74) is 0.798. The van der Waals surface area contributed by atoms with Crippen molar-refractivity contribution in [3.05, 3.63) is 23.9 Å². The lowest BCUT2D eigenvalue weighted by atomic mass is 9.80. The quantitative estimate of drug-likeness (QED) is 0.922. The summed E-state index contributed by atoms with van der Waals surface area (Å²) in [4.78, 5) is 18.8. The molecule has 0 saturated carbocycles. The molecule has 0 bridgehead atoms. The number of hydrogen-bond donors (Lipinski definition) is 1. The van der Waals surface area contributed by atoms with Gasteiger partial charge < -0.3 is 10.2 Å². The molecule has 4 nitrogen and oxygen atoms in total. The van der Waals surface area contributed by atoms with Crippen molar-refractivity contribution in [2.45, 2.75) is 34.1 Å². The van der Waals surface area contributed by atoms with Gasteiger partial charge in [0.2, 0.25) is 0 Å². The van der Waals surface area contributed by atoms with Crippen molar-refractivity contribution in [3.63, 3.8) is 0 Å². The first-order valence-corrected chi connectivity index (χ1v) is 7.42. The molecule has 1 aliphatic rings. The van der Waals surface area contributed by atoms with Crippen molar-refractivity contribution in [1.29, 1.82) is 0 Å². The van der Waals surface area contributed by atoms with Crippen LogP contribution < -0.4 is 5.32 Å².